The third-order valence-electron chi connectivity index (χ3n) is 2.79. The molecule has 2 aromatic carbocycles. The summed E-state index contributed by atoms with van der Waals surface area (Å²) in [6.45, 7) is 0. The lowest BCUT2D eigenvalue weighted by Crippen LogP contribution is -1.91. The summed E-state index contributed by atoms with van der Waals surface area (Å²) in [7, 11) is 0. The number of rotatable bonds is 2. The summed E-state index contributed by atoms with van der Waals surface area (Å²) in [4.78, 5) is 5.35. The van der Waals surface area contributed by atoms with Crippen LogP contribution in [-0.4, -0.2) is 4.98 Å². The van der Waals surface area contributed by atoms with E-state index in [2.05, 4.69) is 35.3 Å². The molecule has 0 atom stereocenters. The highest BCUT2D eigenvalue weighted by atomic mass is 35.5. The van der Waals surface area contributed by atoms with Gasteiger partial charge in [0.2, 0.25) is 0 Å². The third kappa shape index (κ3) is 2.67. The second-order valence-electron chi connectivity index (χ2n) is 4.14. The molecule has 0 saturated heterocycles. The normalized spacial score (nSPS) is 10.8. The number of halogens is 1. The van der Waals surface area contributed by atoms with Crippen molar-refractivity contribution in [1.29, 1.82) is 0 Å². The van der Waals surface area contributed by atoms with Gasteiger partial charge in [0.15, 0.2) is 0 Å². The van der Waals surface area contributed by atoms with Gasteiger partial charge in [0.25, 0.3) is 0 Å². The van der Waals surface area contributed by atoms with Crippen molar-refractivity contribution in [3.8, 4) is 0 Å². The van der Waals surface area contributed by atoms with E-state index in [0.717, 1.165) is 9.92 Å². The summed E-state index contributed by atoms with van der Waals surface area (Å²) < 4.78 is 0. The molecule has 19 heavy (non-hydrogen) atoms. The summed E-state index contributed by atoms with van der Waals surface area (Å²) in [6, 6.07) is 18.0. The first kappa shape index (κ1) is 12.3. The Bertz CT molecular complexity index is 743. The molecule has 0 fully saturated rings. The second-order valence-corrected chi connectivity index (χ2v) is 5.59. The van der Waals surface area contributed by atoms with E-state index < -0.39 is 0 Å². The molecule has 1 aromatic heterocycles. The highest BCUT2D eigenvalue weighted by Gasteiger charge is 2.05. The number of fused-ring (bicyclic) bond motifs is 1. The largest absolute Gasteiger partial charge is 0.397 e. The molecule has 3 aromatic rings. The van der Waals surface area contributed by atoms with Crippen molar-refractivity contribution in [2.75, 3.05) is 5.73 Å². The van der Waals surface area contributed by atoms with Gasteiger partial charge in [0.1, 0.15) is 10.2 Å². The minimum absolute atomic E-state index is 0.456. The van der Waals surface area contributed by atoms with Crippen LogP contribution in [0.15, 0.2) is 64.5 Å². The average molecular weight is 287 g/mol. The predicted molar refractivity (Wildman–Crippen MR) is 81.7 cm³/mol. The van der Waals surface area contributed by atoms with Gasteiger partial charge in [0.05, 0.1) is 5.69 Å². The van der Waals surface area contributed by atoms with Crippen LogP contribution < -0.4 is 5.73 Å². The van der Waals surface area contributed by atoms with E-state index >= 15 is 0 Å². The smallest absolute Gasteiger partial charge is 0.130 e. The van der Waals surface area contributed by atoms with Crippen molar-refractivity contribution in [3.63, 3.8) is 0 Å². The third-order valence-corrected chi connectivity index (χ3v) is 4.01. The van der Waals surface area contributed by atoms with Crippen molar-refractivity contribution in [1.82, 2.24) is 4.98 Å². The van der Waals surface area contributed by atoms with E-state index in [4.69, 9.17) is 17.3 Å². The Labute approximate surface area is 120 Å². The van der Waals surface area contributed by atoms with E-state index in [1.807, 2.05) is 12.1 Å². The van der Waals surface area contributed by atoms with Crippen molar-refractivity contribution >= 4 is 39.8 Å². The van der Waals surface area contributed by atoms with Gasteiger partial charge >= 0.3 is 0 Å². The fourth-order valence-corrected chi connectivity index (χ4v) is 2.93. The monoisotopic (exact) mass is 286 g/mol. The van der Waals surface area contributed by atoms with Crippen LogP contribution in [0.4, 0.5) is 5.69 Å². The maximum Gasteiger partial charge on any atom is 0.130 e. The summed E-state index contributed by atoms with van der Waals surface area (Å²) in [5.74, 6) is 0. The van der Waals surface area contributed by atoms with Gasteiger partial charge in [-0.15, -0.1) is 0 Å². The van der Waals surface area contributed by atoms with Crippen LogP contribution in [0.3, 0.4) is 0 Å². The van der Waals surface area contributed by atoms with Crippen LogP contribution >= 0.6 is 23.4 Å². The molecule has 94 valence electrons. The molecule has 1 heterocycles. The van der Waals surface area contributed by atoms with Gasteiger partial charge in [0, 0.05) is 4.90 Å². The zero-order valence-electron chi connectivity index (χ0n) is 10.0. The SMILES string of the molecule is Nc1ccc(Cl)nc1Sc1ccc2ccccc2c1. The first-order valence-electron chi connectivity index (χ1n) is 5.81. The standard InChI is InChI=1S/C15H11ClN2S/c16-14-8-7-13(17)15(18-14)19-12-6-5-10-3-1-2-4-11(10)9-12/h1-9H,17H2. The van der Waals surface area contributed by atoms with E-state index in [1.54, 1.807) is 12.1 Å². The molecule has 0 unspecified atom stereocenters. The first-order chi connectivity index (χ1) is 9.22. The molecule has 0 saturated carbocycles. The lowest BCUT2D eigenvalue weighted by atomic mass is 10.1. The van der Waals surface area contributed by atoms with Gasteiger partial charge in [-0.05, 0) is 35.0 Å². The Morgan fingerprint density at radius 2 is 1.74 bits per heavy atom. The van der Waals surface area contributed by atoms with Crippen LogP contribution in [0.25, 0.3) is 10.8 Å². The van der Waals surface area contributed by atoms with E-state index in [-0.39, 0.29) is 0 Å². The molecule has 0 aliphatic heterocycles. The summed E-state index contributed by atoms with van der Waals surface area (Å²) in [5.41, 5.74) is 6.55. The number of hydrogen-bond acceptors (Lipinski definition) is 3. The minimum atomic E-state index is 0.456. The molecule has 2 nitrogen and oxygen atoms in total. The van der Waals surface area contributed by atoms with E-state index in [0.29, 0.717) is 10.8 Å². The zero-order valence-corrected chi connectivity index (χ0v) is 11.6. The van der Waals surface area contributed by atoms with Crippen molar-refractivity contribution in [2.45, 2.75) is 9.92 Å². The average Bonchev–Trinajstić information content (AvgIpc) is 2.43. The minimum Gasteiger partial charge on any atom is -0.397 e. The topological polar surface area (TPSA) is 38.9 Å². The van der Waals surface area contributed by atoms with E-state index in [9.17, 15) is 0 Å². The van der Waals surface area contributed by atoms with Crippen LogP contribution in [0.1, 0.15) is 0 Å². The van der Waals surface area contributed by atoms with Gasteiger partial charge in [-0.25, -0.2) is 4.98 Å². The number of hydrogen-bond donors (Lipinski definition) is 1. The molecule has 0 spiro atoms. The van der Waals surface area contributed by atoms with E-state index in [1.165, 1.54) is 22.5 Å². The summed E-state index contributed by atoms with van der Waals surface area (Å²) >= 11 is 7.42. The number of aromatic nitrogens is 1. The van der Waals surface area contributed by atoms with Crippen molar-refractivity contribution in [3.05, 3.63) is 59.8 Å². The highest BCUT2D eigenvalue weighted by Crippen LogP contribution is 2.32. The second kappa shape index (κ2) is 5.11. The number of nitrogens with zero attached hydrogens (tertiary/aromatic N) is 1. The summed E-state index contributed by atoms with van der Waals surface area (Å²) in [5, 5.41) is 3.62. The van der Waals surface area contributed by atoms with Crippen molar-refractivity contribution in [2.24, 2.45) is 0 Å². The fraction of sp³-hybridized carbons (Fsp3) is 0. The molecular weight excluding hydrogens is 276 g/mol. The molecular formula is C15H11ClN2S. The molecule has 3 rings (SSSR count). The Kier molecular flexibility index (Phi) is 3.32. The summed E-state index contributed by atoms with van der Waals surface area (Å²) in [6.07, 6.45) is 0. The number of nitrogens with two attached hydrogens (primary N) is 1. The Morgan fingerprint density at radius 1 is 0.947 bits per heavy atom. The number of benzene rings is 2. The maximum absolute atomic E-state index is 5.91. The molecule has 2 N–H and O–H groups in total. The number of anilines is 1. The zero-order chi connectivity index (χ0) is 13.2. The molecule has 0 aliphatic carbocycles. The Morgan fingerprint density at radius 3 is 2.58 bits per heavy atom. The first-order valence-corrected chi connectivity index (χ1v) is 7.00. The van der Waals surface area contributed by atoms with Crippen molar-refractivity contribution < 1.29 is 0 Å². The van der Waals surface area contributed by atoms with Crippen LogP contribution in [0.2, 0.25) is 5.15 Å². The fourth-order valence-electron chi connectivity index (χ4n) is 1.85. The van der Waals surface area contributed by atoms with Gasteiger partial charge in [-0.1, -0.05) is 53.7 Å². The Hall–Kier alpha value is -1.71. The lowest BCUT2D eigenvalue weighted by Gasteiger charge is -2.06. The molecule has 0 bridgehead atoms. The van der Waals surface area contributed by atoms with Gasteiger partial charge < -0.3 is 5.73 Å². The highest BCUT2D eigenvalue weighted by molar-refractivity contribution is 7.99. The van der Waals surface area contributed by atoms with Crippen LogP contribution in [0.5, 0.6) is 0 Å². The Balaban J connectivity index is 1.98. The maximum atomic E-state index is 5.91. The van der Waals surface area contributed by atoms with Crippen LogP contribution in [-0.2, 0) is 0 Å². The lowest BCUT2D eigenvalue weighted by molar-refractivity contribution is 1.14. The predicted octanol–water partition coefficient (Wildman–Crippen LogP) is 4.62. The molecule has 4 heteroatoms. The molecule has 0 amide bonds. The molecule has 0 radical (unpaired) electrons. The van der Waals surface area contributed by atoms with Gasteiger partial charge in [-0.2, -0.15) is 0 Å². The number of nitrogen functional groups attached to an aromatic ring is 1. The number of pyridine rings is 1. The molecule has 0 aliphatic rings. The van der Waals surface area contributed by atoms with Crippen LogP contribution in [0, 0.1) is 0 Å². The van der Waals surface area contributed by atoms with Gasteiger partial charge in [-0.3, -0.25) is 0 Å². The quantitative estimate of drug-likeness (QED) is 0.699.